The third kappa shape index (κ3) is 2.46. The lowest BCUT2D eigenvalue weighted by Crippen LogP contribution is -2.25. The highest BCUT2D eigenvalue weighted by atomic mass is 16.7. The lowest BCUT2D eigenvalue weighted by molar-refractivity contribution is 0.0943. The molecule has 0 fully saturated rings. The van der Waals surface area contributed by atoms with Gasteiger partial charge >= 0.3 is 0 Å². The molecule has 0 atom stereocenters. The fourth-order valence-corrected chi connectivity index (χ4v) is 2.51. The van der Waals surface area contributed by atoms with Crippen LogP contribution < -0.4 is 14.8 Å². The molecule has 116 valence electrons. The molecule has 1 aromatic carbocycles. The Bertz CT molecular complexity index is 903. The molecule has 1 N–H and O–H groups in total. The van der Waals surface area contributed by atoms with E-state index in [0.717, 1.165) is 17.0 Å². The van der Waals surface area contributed by atoms with E-state index in [1.807, 2.05) is 31.2 Å². The summed E-state index contributed by atoms with van der Waals surface area (Å²) in [7, 11) is 0. The van der Waals surface area contributed by atoms with E-state index in [1.165, 1.54) is 0 Å². The molecule has 3 aromatic rings. The molecule has 0 spiro atoms. The van der Waals surface area contributed by atoms with Crippen molar-refractivity contribution in [2.45, 2.75) is 13.5 Å². The second kappa shape index (κ2) is 5.28. The smallest absolute Gasteiger partial charge is 0.270 e. The lowest BCUT2D eigenvalue weighted by Gasteiger charge is -2.07. The minimum atomic E-state index is -0.210. The minimum absolute atomic E-state index is 0.210. The summed E-state index contributed by atoms with van der Waals surface area (Å²) in [6, 6.07) is 9.07. The van der Waals surface area contributed by atoms with Crippen LogP contribution in [-0.2, 0) is 6.54 Å². The van der Waals surface area contributed by atoms with E-state index in [1.54, 1.807) is 16.8 Å². The molecule has 4 rings (SSSR count). The molecule has 3 heterocycles. The van der Waals surface area contributed by atoms with E-state index < -0.39 is 0 Å². The van der Waals surface area contributed by atoms with Gasteiger partial charge in [-0.25, -0.2) is 9.50 Å². The van der Waals surface area contributed by atoms with Gasteiger partial charge in [0.05, 0.1) is 5.69 Å². The van der Waals surface area contributed by atoms with Crippen molar-refractivity contribution >= 4 is 11.6 Å². The van der Waals surface area contributed by atoms with Gasteiger partial charge in [0.25, 0.3) is 5.91 Å². The van der Waals surface area contributed by atoms with Gasteiger partial charge in [-0.05, 0) is 30.7 Å². The quantitative estimate of drug-likeness (QED) is 0.796. The Kier molecular flexibility index (Phi) is 3.11. The van der Waals surface area contributed by atoms with E-state index in [0.29, 0.717) is 23.6 Å². The Hall–Kier alpha value is -3.09. The molecule has 7 nitrogen and oxygen atoms in total. The monoisotopic (exact) mass is 310 g/mol. The van der Waals surface area contributed by atoms with Crippen molar-refractivity contribution in [3.8, 4) is 11.5 Å². The highest BCUT2D eigenvalue weighted by Crippen LogP contribution is 2.32. The third-order valence-corrected chi connectivity index (χ3v) is 3.60. The molecule has 23 heavy (non-hydrogen) atoms. The topological polar surface area (TPSA) is 77.8 Å². The van der Waals surface area contributed by atoms with Crippen molar-refractivity contribution < 1.29 is 14.3 Å². The van der Waals surface area contributed by atoms with Crippen molar-refractivity contribution in [1.82, 2.24) is 19.9 Å². The zero-order valence-electron chi connectivity index (χ0n) is 12.4. The lowest BCUT2D eigenvalue weighted by atomic mass is 10.2. The number of rotatable bonds is 3. The molecule has 0 saturated carbocycles. The van der Waals surface area contributed by atoms with Gasteiger partial charge < -0.3 is 14.8 Å². The van der Waals surface area contributed by atoms with Gasteiger partial charge in [-0.15, -0.1) is 0 Å². The van der Waals surface area contributed by atoms with E-state index >= 15 is 0 Å². The molecule has 1 amide bonds. The van der Waals surface area contributed by atoms with Gasteiger partial charge in [0.15, 0.2) is 17.1 Å². The van der Waals surface area contributed by atoms with Crippen LogP contribution in [0.3, 0.4) is 0 Å². The van der Waals surface area contributed by atoms with Crippen LogP contribution in [0, 0.1) is 6.92 Å². The maximum absolute atomic E-state index is 12.4. The number of aromatic nitrogens is 3. The largest absolute Gasteiger partial charge is 0.454 e. The average Bonchev–Trinajstić information content (AvgIpc) is 3.16. The number of hydrogen-bond acceptors (Lipinski definition) is 5. The number of ether oxygens (including phenoxy) is 2. The Morgan fingerprint density at radius 3 is 3.04 bits per heavy atom. The Labute approximate surface area is 131 Å². The summed E-state index contributed by atoms with van der Waals surface area (Å²) in [5.74, 6) is 1.21. The van der Waals surface area contributed by atoms with Crippen LogP contribution in [0.2, 0.25) is 0 Å². The molecular formula is C16H14N4O3. The number of hydrogen-bond donors (Lipinski definition) is 1. The van der Waals surface area contributed by atoms with Crippen LogP contribution in [0.15, 0.2) is 36.5 Å². The number of aryl methyl sites for hydroxylation is 1. The predicted octanol–water partition coefficient (Wildman–Crippen LogP) is 1.70. The second-order valence-corrected chi connectivity index (χ2v) is 5.26. The van der Waals surface area contributed by atoms with E-state index in [9.17, 15) is 4.79 Å². The molecule has 0 aliphatic carbocycles. The van der Waals surface area contributed by atoms with Crippen LogP contribution in [-0.4, -0.2) is 27.3 Å². The number of nitrogens with zero attached hydrogens (tertiary/aromatic N) is 3. The van der Waals surface area contributed by atoms with Gasteiger partial charge in [0.2, 0.25) is 6.79 Å². The highest BCUT2D eigenvalue weighted by molar-refractivity contribution is 5.92. The minimum Gasteiger partial charge on any atom is -0.454 e. The SMILES string of the molecule is Cc1cc2nccc(C(=O)NCc3ccc4c(c3)OCO4)n2n1. The first-order valence-electron chi connectivity index (χ1n) is 7.19. The van der Waals surface area contributed by atoms with Crippen LogP contribution in [0.1, 0.15) is 21.7 Å². The second-order valence-electron chi connectivity index (χ2n) is 5.26. The van der Waals surface area contributed by atoms with Crippen LogP contribution in [0.25, 0.3) is 5.65 Å². The van der Waals surface area contributed by atoms with Crippen molar-refractivity contribution in [2.24, 2.45) is 0 Å². The van der Waals surface area contributed by atoms with Gasteiger partial charge in [-0.2, -0.15) is 5.10 Å². The normalized spacial score (nSPS) is 12.6. The molecule has 1 aliphatic heterocycles. The molecule has 2 aromatic heterocycles. The molecule has 0 bridgehead atoms. The predicted molar refractivity (Wildman–Crippen MR) is 81.5 cm³/mol. The Balaban J connectivity index is 1.53. The zero-order valence-corrected chi connectivity index (χ0v) is 12.4. The first-order chi connectivity index (χ1) is 11.2. The molecule has 0 radical (unpaired) electrons. The molecule has 0 unspecified atom stereocenters. The summed E-state index contributed by atoms with van der Waals surface area (Å²) < 4.78 is 12.2. The molecule has 1 aliphatic rings. The number of fused-ring (bicyclic) bond motifs is 2. The summed E-state index contributed by atoms with van der Waals surface area (Å²) in [4.78, 5) is 16.6. The maximum atomic E-state index is 12.4. The van der Waals surface area contributed by atoms with Crippen molar-refractivity contribution in [3.05, 3.63) is 53.5 Å². The zero-order chi connectivity index (χ0) is 15.8. The first kappa shape index (κ1) is 13.6. The fourth-order valence-electron chi connectivity index (χ4n) is 2.51. The highest BCUT2D eigenvalue weighted by Gasteiger charge is 2.15. The van der Waals surface area contributed by atoms with Gasteiger partial charge in [-0.3, -0.25) is 4.79 Å². The van der Waals surface area contributed by atoms with E-state index in [2.05, 4.69) is 15.4 Å². The van der Waals surface area contributed by atoms with Crippen LogP contribution in [0.4, 0.5) is 0 Å². The summed E-state index contributed by atoms with van der Waals surface area (Å²) in [5, 5.41) is 7.18. The summed E-state index contributed by atoms with van der Waals surface area (Å²) >= 11 is 0. The number of benzene rings is 1. The van der Waals surface area contributed by atoms with Crippen molar-refractivity contribution in [2.75, 3.05) is 6.79 Å². The Morgan fingerprint density at radius 1 is 1.26 bits per heavy atom. The number of amides is 1. The molecule has 7 heteroatoms. The third-order valence-electron chi connectivity index (χ3n) is 3.60. The number of carbonyl (C=O) groups is 1. The number of carbonyl (C=O) groups excluding carboxylic acids is 1. The van der Waals surface area contributed by atoms with Gasteiger partial charge in [0.1, 0.15) is 5.69 Å². The summed E-state index contributed by atoms with van der Waals surface area (Å²) in [5.41, 5.74) is 2.85. The van der Waals surface area contributed by atoms with Crippen molar-refractivity contribution in [3.63, 3.8) is 0 Å². The van der Waals surface area contributed by atoms with E-state index in [-0.39, 0.29) is 12.7 Å². The standard InChI is InChI=1S/C16H14N4O3/c1-10-6-15-17-5-4-12(20(15)19-10)16(21)18-8-11-2-3-13-14(7-11)23-9-22-13/h2-7H,8-9H2,1H3,(H,18,21). The van der Waals surface area contributed by atoms with Crippen LogP contribution in [0.5, 0.6) is 11.5 Å². The summed E-state index contributed by atoms with van der Waals surface area (Å²) in [6.45, 7) is 2.49. The summed E-state index contributed by atoms with van der Waals surface area (Å²) in [6.07, 6.45) is 1.60. The fraction of sp³-hybridized carbons (Fsp3) is 0.188. The first-order valence-corrected chi connectivity index (χ1v) is 7.19. The molecular weight excluding hydrogens is 296 g/mol. The Morgan fingerprint density at radius 2 is 2.13 bits per heavy atom. The van der Waals surface area contributed by atoms with Gasteiger partial charge in [-0.1, -0.05) is 6.07 Å². The van der Waals surface area contributed by atoms with E-state index in [4.69, 9.17) is 9.47 Å². The van der Waals surface area contributed by atoms with Crippen molar-refractivity contribution in [1.29, 1.82) is 0 Å². The van der Waals surface area contributed by atoms with Gasteiger partial charge in [0, 0.05) is 18.8 Å². The molecule has 0 saturated heterocycles. The van der Waals surface area contributed by atoms with Crippen LogP contribution >= 0.6 is 0 Å². The maximum Gasteiger partial charge on any atom is 0.270 e. The number of nitrogens with one attached hydrogen (secondary N) is 1. The average molecular weight is 310 g/mol.